The number of carboxylic acids is 1. The fraction of sp³-hybridized carbons (Fsp3) is 0.944. The summed E-state index contributed by atoms with van der Waals surface area (Å²) >= 11 is 0. The van der Waals surface area contributed by atoms with Crippen molar-refractivity contribution in [3.63, 3.8) is 0 Å². The molecule has 16 nitrogen and oxygen atoms in total. The second kappa shape index (κ2) is 10.9. The highest BCUT2D eigenvalue weighted by Gasteiger charge is 2.53. The maximum atomic E-state index is 11.3. The maximum Gasteiger partial charge on any atom is 0.335 e. The van der Waals surface area contributed by atoms with E-state index in [0.29, 0.717) is 0 Å². The Kier molecular flexibility index (Phi) is 8.81. The van der Waals surface area contributed by atoms with Crippen molar-refractivity contribution in [2.75, 3.05) is 6.61 Å². The first kappa shape index (κ1) is 27.5. The SMILES string of the molecule is C[C@@H]1OC(O)[C@H](O)[C@H](O)[C@H]1O[C@@H]1O[C@H](CO)[C@@H](O[C@@H]2O[C@H](C(=O)O)[C@@H](O)[C@H](O)[C@H]2O)[C@H](O)[C@H]1O. The van der Waals surface area contributed by atoms with Crippen LogP contribution in [0.1, 0.15) is 6.92 Å². The van der Waals surface area contributed by atoms with Gasteiger partial charge < -0.3 is 74.7 Å². The van der Waals surface area contributed by atoms with E-state index in [0.717, 1.165) is 0 Å². The molecule has 0 aromatic carbocycles. The van der Waals surface area contributed by atoms with Gasteiger partial charge in [0.2, 0.25) is 0 Å². The molecule has 0 aromatic heterocycles. The van der Waals surface area contributed by atoms with Crippen LogP contribution in [0.15, 0.2) is 0 Å². The zero-order valence-corrected chi connectivity index (χ0v) is 17.8. The molecule has 3 heterocycles. The van der Waals surface area contributed by atoms with Crippen molar-refractivity contribution < 1.29 is 79.5 Å². The zero-order chi connectivity index (χ0) is 25.5. The lowest BCUT2D eigenvalue weighted by Gasteiger charge is -2.47. The van der Waals surface area contributed by atoms with Gasteiger partial charge in [0, 0.05) is 0 Å². The van der Waals surface area contributed by atoms with Crippen molar-refractivity contribution in [3.8, 4) is 0 Å². The Morgan fingerprint density at radius 1 is 0.706 bits per heavy atom. The molecule has 0 spiro atoms. The standard InChI is InChI=1S/C18H30O16/c1-3-12(7(22)9(24)16(29)30-3)32-17-11(26)8(23)13(4(2-19)31-17)33-18-10(25)5(20)6(21)14(34-18)15(27)28/h3-14,16-26,29H,2H2,1H3,(H,27,28)/t3-,4+,5-,6-,7-,8+,9+,10+,11+,12-,13+,14-,16?,17-,18+/m0/s1. The molecule has 0 bridgehead atoms. The summed E-state index contributed by atoms with van der Waals surface area (Å²) in [5.41, 5.74) is 0. The van der Waals surface area contributed by atoms with Crippen molar-refractivity contribution in [3.05, 3.63) is 0 Å². The molecule has 10 N–H and O–H groups in total. The van der Waals surface area contributed by atoms with Crippen molar-refractivity contribution in [2.45, 2.75) is 99.0 Å². The highest BCUT2D eigenvalue weighted by atomic mass is 16.8. The molecule has 3 saturated heterocycles. The van der Waals surface area contributed by atoms with Crippen molar-refractivity contribution in [1.82, 2.24) is 0 Å². The van der Waals surface area contributed by atoms with Crippen LogP contribution in [0.3, 0.4) is 0 Å². The molecule has 0 amide bonds. The van der Waals surface area contributed by atoms with E-state index in [1.54, 1.807) is 0 Å². The Balaban J connectivity index is 1.72. The molecule has 198 valence electrons. The monoisotopic (exact) mass is 502 g/mol. The second-order valence-electron chi connectivity index (χ2n) is 8.36. The fourth-order valence-corrected chi connectivity index (χ4v) is 4.02. The lowest BCUT2D eigenvalue weighted by molar-refractivity contribution is -0.374. The van der Waals surface area contributed by atoms with Crippen LogP contribution in [0.4, 0.5) is 0 Å². The Morgan fingerprint density at radius 3 is 1.82 bits per heavy atom. The number of aliphatic hydroxyl groups excluding tert-OH is 9. The molecular formula is C18H30O16. The van der Waals surface area contributed by atoms with Gasteiger partial charge in [-0.25, -0.2) is 4.79 Å². The third-order valence-corrected chi connectivity index (χ3v) is 6.01. The Morgan fingerprint density at radius 2 is 1.24 bits per heavy atom. The minimum absolute atomic E-state index is 0.842. The first-order valence-corrected chi connectivity index (χ1v) is 10.4. The predicted octanol–water partition coefficient (Wildman–Crippen LogP) is -6.45. The number of aliphatic carboxylic acids is 1. The minimum Gasteiger partial charge on any atom is -0.479 e. The first-order chi connectivity index (χ1) is 15.9. The van der Waals surface area contributed by atoms with Crippen LogP contribution >= 0.6 is 0 Å². The molecule has 0 saturated carbocycles. The van der Waals surface area contributed by atoms with Gasteiger partial charge in [0.15, 0.2) is 25.0 Å². The van der Waals surface area contributed by atoms with Gasteiger partial charge in [-0.05, 0) is 6.92 Å². The molecule has 0 aliphatic carbocycles. The zero-order valence-electron chi connectivity index (χ0n) is 17.8. The molecule has 34 heavy (non-hydrogen) atoms. The van der Waals surface area contributed by atoms with Gasteiger partial charge in [0.05, 0.1) is 12.7 Å². The third kappa shape index (κ3) is 5.20. The van der Waals surface area contributed by atoms with E-state index in [4.69, 9.17) is 28.8 Å². The highest BCUT2D eigenvalue weighted by Crippen LogP contribution is 2.32. The van der Waals surface area contributed by atoms with Crippen molar-refractivity contribution >= 4 is 5.97 Å². The normalized spacial score (nSPS) is 52.4. The van der Waals surface area contributed by atoms with E-state index in [1.807, 2.05) is 0 Å². The van der Waals surface area contributed by atoms with Crippen LogP contribution in [0.5, 0.6) is 0 Å². The lowest BCUT2D eigenvalue weighted by Crippen LogP contribution is -2.66. The second-order valence-corrected chi connectivity index (χ2v) is 8.36. The maximum absolute atomic E-state index is 11.3. The molecular weight excluding hydrogens is 472 g/mol. The summed E-state index contributed by atoms with van der Waals surface area (Å²) < 4.78 is 26.2. The quantitative estimate of drug-likeness (QED) is 0.162. The van der Waals surface area contributed by atoms with Gasteiger partial charge >= 0.3 is 5.97 Å². The summed E-state index contributed by atoms with van der Waals surface area (Å²) in [4.78, 5) is 11.3. The van der Waals surface area contributed by atoms with Gasteiger partial charge in [-0.15, -0.1) is 0 Å². The van der Waals surface area contributed by atoms with E-state index in [9.17, 15) is 50.8 Å². The number of carbonyl (C=O) groups is 1. The lowest BCUT2D eigenvalue weighted by atomic mass is 9.96. The molecule has 16 heteroatoms. The van der Waals surface area contributed by atoms with Gasteiger partial charge in [-0.2, -0.15) is 0 Å². The highest BCUT2D eigenvalue weighted by molar-refractivity contribution is 5.73. The number of ether oxygens (including phenoxy) is 5. The summed E-state index contributed by atoms with van der Waals surface area (Å²) in [6.07, 6.45) is -25.9. The molecule has 0 radical (unpaired) electrons. The van der Waals surface area contributed by atoms with Gasteiger partial charge in [0.25, 0.3) is 0 Å². The number of rotatable bonds is 6. The Bertz CT molecular complexity index is 693. The molecule has 0 aromatic rings. The average Bonchev–Trinajstić information content (AvgIpc) is 2.79. The van der Waals surface area contributed by atoms with Crippen molar-refractivity contribution in [1.29, 1.82) is 0 Å². The summed E-state index contributed by atoms with van der Waals surface area (Å²) in [6.45, 7) is 0.551. The van der Waals surface area contributed by atoms with Gasteiger partial charge in [-0.1, -0.05) is 0 Å². The summed E-state index contributed by atoms with van der Waals surface area (Å²) in [5, 5.41) is 99.2. The predicted molar refractivity (Wildman–Crippen MR) is 100 cm³/mol. The van der Waals surface area contributed by atoms with E-state index in [1.165, 1.54) is 6.92 Å². The average molecular weight is 502 g/mol. The first-order valence-electron chi connectivity index (χ1n) is 10.4. The Labute approximate surface area is 192 Å². The van der Waals surface area contributed by atoms with Crippen LogP contribution < -0.4 is 0 Å². The molecule has 3 aliphatic rings. The van der Waals surface area contributed by atoms with E-state index < -0.39 is 105 Å². The summed E-state index contributed by atoms with van der Waals surface area (Å²) in [6, 6.07) is 0. The molecule has 15 atom stereocenters. The minimum atomic E-state index is -1.99. The fourth-order valence-electron chi connectivity index (χ4n) is 4.02. The van der Waals surface area contributed by atoms with Crippen LogP contribution in [0, 0.1) is 0 Å². The smallest absolute Gasteiger partial charge is 0.335 e. The van der Waals surface area contributed by atoms with Crippen LogP contribution in [0.2, 0.25) is 0 Å². The number of aliphatic hydroxyl groups is 9. The van der Waals surface area contributed by atoms with E-state index >= 15 is 0 Å². The molecule has 1 unspecified atom stereocenters. The number of hydrogen-bond donors (Lipinski definition) is 10. The molecule has 3 aliphatic heterocycles. The van der Waals surface area contributed by atoms with Crippen molar-refractivity contribution in [2.24, 2.45) is 0 Å². The largest absolute Gasteiger partial charge is 0.479 e. The van der Waals surface area contributed by atoms with E-state index in [-0.39, 0.29) is 0 Å². The summed E-state index contributed by atoms with van der Waals surface area (Å²) in [5.74, 6) is -1.67. The number of hydrogen-bond acceptors (Lipinski definition) is 15. The van der Waals surface area contributed by atoms with Crippen LogP contribution in [-0.4, -0.2) is 156 Å². The molecule has 3 fully saturated rings. The van der Waals surface area contributed by atoms with Crippen LogP contribution in [0.25, 0.3) is 0 Å². The van der Waals surface area contributed by atoms with E-state index in [2.05, 4.69) is 0 Å². The van der Waals surface area contributed by atoms with Gasteiger partial charge in [0.1, 0.15) is 61.0 Å². The van der Waals surface area contributed by atoms with Crippen LogP contribution in [-0.2, 0) is 28.5 Å². The number of carboxylic acid groups (broad SMARTS) is 1. The summed E-state index contributed by atoms with van der Waals surface area (Å²) in [7, 11) is 0. The third-order valence-electron chi connectivity index (χ3n) is 6.01. The van der Waals surface area contributed by atoms with Gasteiger partial charge in [-0.3, -0.25) is 0 Å². The molecule has 3 rings (SSSR count). The topological polar surface area (TPSA) is 266 Å². The Hall–Kier alpha value is -1.09.